The van der Waals surface area contributed by atoms with Crippen LogP contribution >= 0.6 is 15.9 Å². The SMILES string of the molecule is CNCCCN(C)c1ccc(Br)c(C)n1. The van der Waals surface area contributed by atoms with Crippen molar-refractivity contribution >= 4 is 21.7 Å². The van der Waals surface area contributed by atoms with Crippen molar-refractivity contribution in [3.05, 3.63) is 22.3 Å². The number of anilines is 1. The zero-order valence-electron chi connectivity index (χ0n) is 9.55. The molecule has 1 heterocycles. The lowest BCUT2D eigenvalue weighted by atomic mass is 10.3. The summed E-state index contributed by atoms with van der Waals surface area (Å²) < 4.78 is 1.06. The predicted molar refractivity (Wildman–Crippen MR) is 68.5 cm³/mol. The molecule has 0 saturated carbocycles. The van der Waals surface area contributed by atoms with Crippen molar-refractivity contribution in [2.45, 2.75) is 13.3 Å². The van der Waals surface area contributed by atoms with Gasteiger partial charge in [-0.3, -0.25) is 0 Å². The Morgan fingerprint density at radius 3 is 2.80 bits per heavy atom. The Hall–Kier alpha value is -0.610. The van der Waals surface area contributed by atoms with Crippen molar-refractivity contribution in [1.29, 1.82) is 0 Å². The Balaban J connectivity index is 2.57. The fraction of sp³-hybridized carbons (Fsp3) is 0.545. The van der Waals surface area contributed by atoms with Crippen LogP contribution in [0.5, 0.6) is 0 Å². The number of aryl methyl sites for hydroxylation is 1. The third-order valence-corrected chi connectivity index (χ3v) is 3.16. The molecule has 15 heavy (non-hydrogen) atoms. The van der Waals surface area contributed by atoms with Crippen molar-refractivity contribution in [2.75, 3.05) is 32.1 Å². The fourth-order valence-corrected chi connectivity index (χ4v) is 1.57. The van der Waals surface area contributed by atoms with Crippen LogP contribution in [0.4, 0.5) is 5.82 Å². The number of halogens is 1. The molecule has 1 aromatic rings. The van der Waals surface area contributed by atoms with Gasteiger partial charge in [-0.15, -0.1) is 0 Å². The number of nitrogens with one attached hydrogen (secondary N) is 1. The zero-order chi connectivity index (χ0) is 11.3. The van der Waals surface area contributed by atoms with Crippen LogP contribution in [0.15, 0.2) is 16.6 Å². The van der Waals surface area contributed by atoms with Crippen molar-refractivity contribution in [3.8, 4) is 0 Å². The molecule has 0 atom stereocenters. The maximum Gasteiger partial charge on any atom is 0.128 e. The summed E-state index contributed by atoms with van der Waals surface area (Å²) in [4.78, 5) is 6.69. The van der Waals surface area contributed by atoms with Gasteiger partial charge in [-0.1, -0.05) is 0 Å². The Morgan fingerprint density at radius 2 is 2.20 bits per heavy atom. The summed E-state index contributed by atoms with van der Waals surface area (Å²) in [5, 5.41) is 3.14. The second-order valence-electron chi connectivity index (χ2n) is 3.62. The Bertz CT molecular complexity index is 315. The summed E-state index contributed by atoms with van der Waals surface area (Å²) in [6, 6.07) is 4.09. The molecule has 0 aliphatic heterocycles. The number of hydrogen-bond donors (Lipinski definition) is 1. The highest BCUT2D eigenvalue weighted by atomic mass is 79.9. The lowest BCUT2D eigenvalue weighted by molar-refractivity contribution is 0.708. The highest BCUT2D eigenvalue weighted by molar-refractivity contribution is 9.10. The van der Waals surface area contributed by atoms with E-state index in [1.807, 2.05) is 26.1 Å². The zero-order valence-corrected chi connectivity index (χ0v) is 11.1. The number of nitrogens with zero attached hydrogens (tertiary/aromatic N) is 2. The Labute approximate surface area is 100 Å². The molecule has 0 fully saturated rings. The molecule has 1 N–H and O–H groups in total. The van der Waals surface area contributed by atoms with E-state index >= 15 is 0 Å². The monoisotopic (exact) mass is 271 g/mol. The van der Waals surface area contributed by atoms with Gasteiger partial charge < -0.3 is 10.2 Å². The lowest BCUT2D eigenvalue weighted by Gasteiger charge is -2.18. The average Bonchev–Trinajstić information content (AvgIpc) is 2.22. The summed E-state index contributed by atoms with van der Waals surface area (Å²) in [5.74, 6) is 1.03. The molecule has 0 saturated heterocycles. The van der Waals surface area contributed by atoms with Crippen molar-refractivity contribution in [3.63, 3.8) is 0 Å². The number of hydrogen-bond acceptors (Lipinski definition) is 3. The number of rotatable bonds is 5. The van der Waals surface area contributed by atoms with Gasteiger partial charge in [0.05, 0.1) is 5.69 Å². The fourth-order valence-electron chi connectivity index (χ4n) is 1.35. The molecule has 1 aromatic heterocycles. The molecule has 0 amide bonds. The van der Waals surface area contributed by atoms with E-state index in [0.717, 1.165) is 35.5 Å². The third-order valence-electron chi connectivity index (χ3n) is 2.32. The molecule has 84 valence electrons. The number of pyridine rings is 1. The van der Waals surface area contributed by atoms with Crippen LogP contribution in [0.3, 0.4) is 0 Å². The van der Waals surface area contributed by atoms with Gasteiger partial charge in [0.15, 0.2) is 0 Å². The summed E-state index contributed by atoms with van der Waals surface area (Å²) in [6.45, 7) is 4.07. The van der Waals surface area contributed by atoms with E-state index < -0.39 is 0 Å². The molecule has 0 unspecified atom stereocenters. The van der Waals surface area contributed by atoms with E-state index in [0.29, 0.717) is 0 Å². The average molecular weight is 272 g/mol. The molecule has 0 aromatic carbocycles. The minimum atomic E-state index is 1.02. The Morgan fingerprint density at radius 1 is 1.47 bits per heavy atom. The molecule has 0 aliphatic rings. The van der Waals surface area contributed by atoms with Crippen LogP contribution < -0.4 is 10.2 Å². The first-order valence-corrected chi connectivity index (χ1v) is 5.93. The standard InChI is InChI=1S/C11H18BrN3/c1-9-10(12)5-6-11(14-9)15(3)8-4-7-13-2/h5-6,13H,4,7-8H2,1-3H3. The van der Waals surface area contributed by atoms with Crippen molar-refractivity contribution in [1.82, 2.24) is 10.3 Å². The van der Waals surface area contributed by atoms with Crippen LogP contribution in [-0.2, 0) is 0 Å². The molecule has 4 heteroatoms. The van der Waals surface area contributed by atoms with Crippen LogP contribution in [0.1, 0.15) is 12.1 Å². The van der Waals surface area contributed by atoms with E-state index in [1.165, 1.54) is 0 Å². The molecule has 0 spiro atoms. The summed E-state index contributed by atoms with van der Waals surface area (Å²) in [5.41, 5.74) is 1.04. The van der Waals surface area contributed by atoms with Gasteiger partial charge in [0.25, 0.3) is 0 Å². The van der Waals surface area contributed by atoms with Gasteiger partial charge in [0, 0.05) is 18.1 Å². The quantitative estimate of drug-likeness (QED) is 0.833. The summed E-state index contributed by atoms with van der Waals surface area (Å²) >= 11 is 3.45. The van der Waals surface area contributed by atoms with Gasteiger partial charge in [0.2, 0.25) is 0 Å². The molecule has 0 aliphatic carbocycles. The topological polar surface area (TPSA) is 28.2 Å². The molecule has 0 bridgehead atoms. The van der Waals surface area contributed by atoms with Gasteiger partial charge in [-0.25, -0.2) is 4.98 Å². The van der Waals surface area contributed by atoms with Crippen LogP contribution in [-0.4, -0.2) is 32.2 Å². The van der Waals surface area contributed by atoms with Gasteiger partial charge in [-0.05, 0) is 55.0 Å². The van der Waals surface area contributed by atoms with Crippen LogP contribution in [0, 0.1) is 6.92 Å². The molecule has 0 radical (unpaired) electrons. The maximum atomic E-state index is 4.51. The largest absolute Gasteiger partial charge is 0.360 e. The summed E-state index contributed by atoms with van der Waals surface area (Å²) in [6.07, 6.45) is 1.13. The van der Waals surface area contributed by atoms with Gasteiger partial charge >= 0.3 is 0 Å². The number of aromatic nitrogens is 1. The van der Waals surface area contributed by atoms with Crippen LogP contribution in [0.2, 0.25) is 0 Å². The first-order chi connectivity index (χ1) is 7.15. The second-order valence-corrected chi connectivity index (χ2v) is 4.47. The molecule has 1 rings (SSSR count). The third kappa shape index (κ3) is 3.80. The first-order valence-electron chi connectivity index (χ1n) is 5.14. The van der Waals surface area contributed by atoms with E-state index in [1.54, 1.807) is 0 Å². The minimum Gasteiger partial charge on any atom is -0.360 e. The molecule has 3 nitrogen and oxygen atoms in total. The first kappa shape index (κ1) is 12.5. The second kappa shape index (κ2) is 6.08. The highest BCUT2D eigenvalue weighted by Gasteiger charge is 2.03. The molecular formula is C11H18BrN3. The van der Waals surface area contributed by atoms with Gasteiger partial charge in [-0.2, -0.15) is 0 Å². The predicted octanol–water partition coefficient (Wildman–Crippen LogP) is 2.20. The lowest BCUT2D eigenvalue weighted by Crippen LogP contribution is -2.23. The Kier molecular flexibility index (Phi) is 5.05. The van der Waals surface area contributed by atoms with Crippen LogP contribution in [0.25, 0.3) is 0 Å². The highest BCUT2D eigenvalue weighted by Crippen LogP contribution is 2.18. The van der Waals surface area contributed by atoms with E-state index in [2.05, 4.69) is 38.2 Å². The van der Waals surface area contributed by atoms with Crippen molar-refractivity contribution < 1.29 is 0 Å². The minimum absolute atomic E-state index is 1.02. The summed E-state index contributed by atoms with van der Waals surface area (Å²) in [7, 11) is 4.05. The van der Waals surface area contributed by atoms with Crippen molar-refractivity contribution in [2.24, 2.45) is 0 Å². The normalized spacial score (nSPS) is 10.4. The van der Waals surface area contributed by atoms with E-state index in [4.69, 9.17) is 0 Å². The maximum absolute atomic E-state index is 4.51. The van der Waals surface area contributed by atoms with E-state index in [9.17, 15) is 0 Å². The molecular weight excluding hydrogens is 254 g/mol. The van der Waals surface area contributed by atoms with E-state index in [-0.39, 0.29) is 0 Å². The smallest absolute Gasteiger partial charge is 0.128 e. The van der Waals surface area contributed by atoms with Gasteiger partial charge in [0.1, 0.15) is 5.82 Å².